The van der Waals surface area contributed by atoms with Crippen molar-refractivity contribution in [2.45, 2.75) is 110 Å². The number of hydrogen-bond acceptors (Lipinski definition) is 6. The molecule has 182 valence electrons. The summed E-state index contributed by atoms with van der Waals surface area (Å²) in [7, 11) is 0. The fraction of sp³-hybridized carbons (Fsp3) is 0.680. The van der Waals surface area contributed by atoms with Crippen molar-refractivity contribution in [3.05, 3.63) is 35.9 Å². The molecule has 0 fully saturated rings. The summed E-state index contributed by atoms with van der Waals surface area (Å²) in [6, 6.07) is 8.06. The zero-order valence-corrected chi connectivity index (χ0v) is 22.6. The molecule has 1 rings (SSSR count). The number of aliphatic carboxylic acids is 1. The van der Waals surface area contributed by atoms with Gasteiger partial charge in [-0.1, -0.05) is 127 Å². The Morgan fingerprint density at radius 1 is 0.606 bits per heavy atom. The second-order valence-electron chi connectivity index (χ2n) is 7.73. The number of unbranched alkanes of at least 4 members (excludes halogenated alkanes) is 14. The molecule has 1 aromatic carbocycles. The standard InChI is InChI=1S/C18H36O2.C7H6O2.2Al.2O/c1-2-3-4-5-6-7-8-9-10-11-12-13-14-15-16-17-18(19)20;8-7(9)6-4-2-1-3-5-6;;;;/h2-17H2,1H3,(H,19,20);1-5H,(H,8,9);;;;/q;;2*+1;;/p-2. The molecule has 0 saturated heterocycles. The Morgan fingerprint density at radius 3 is 1.21 bits per heavy atom. The zero-order valence-electron chi connectivity index (χ0n) is 20.3. The number of carbonyl (C=O) groups excluding carboxylic acids is 2. The maximum absolute atomic E-state index is 10.2. The molecule has 0 N–H and O–H groups in total. The molecule has 0 atom stereocenters. The van der Waals surface area contributed by atoms with Crippen LogP contribution in [0.2, 0.25) is 0 Å². The van der Waals surface area contributed by atoms with Crippen molar-refractivity contribution in [1.29, 1.82) is 0 Å². The van der Waals surface area contributed by atoms with Crippen molar-refractivity contribution in [2.24, 2.45) is 0 Å². The molecule has 0 unspecified atom stereocenters. The molecule has 0 aliphatic rings. The number of carboxylic acids is 2. The number of rotatable bonds is 17. The summed E-state index contributed by atoms with van der Waals surface area (Å²) in [6.07, 6.45) is 19.9. The molecular formula is C25H40Al2O6. The monoisotopic (exact) mass is 490 g/mol. The van der Waals surface area contributed by atoms with Gasteiger partial charge in [0.25, 0.3) is 0 Å². The molecule has 0 saturated carbocycles. The van der Waals surface area contributed by atoms with E-state index in [1.165, 1.54) is 128 Å². The minimum atomic E-state index is -1.13. The molecule has 1 aromatic rings. The van der Waals surface area contributed by atoms with E-state index in [4.69, 9.17) is 7.61 Å². The van der Waals surface area contributed by atoms with Crippen LogP contribution in [-0.4, -0.2) is 44.4 Å². The fourth-order valence-corrected chi connectivity index (χ4v) is 3.21. The van der Waals surface area contributed by atoms with Crippen LogP contribution in [0.3, 0.4) is 0 Å². The molecule has 0 aromatic heterocycles. The van der Waals surface area contributed by atoms with E-state index >= 15 is 0 Å². The van der Waals surface area contributed by atoms with E-state index < -0.39 is 11.9 Å². The van der Waals surface area contributed by atoms with Crippen LogP contribution in [0.5, 0.6) is 0 Å². The molecule has 6 nitrogen and oxygen atoms in total. The van der Waals surface area contributed by atoms with E-state index in [-0.39, 0.29) is 12.0 Å². The van der Waals surface area contributed by atoms with Gasteiger partial charge in [0.05, 0.1) is 5.97 Å². The number of aromatic carboxylic acids is 1. The second-order valence-corrected chi connectivity index (χ2v) is 7.73. The Labute approximate surface area is 216 Å². The van der Waals surface area contributed by atoms with E-state index in [1.807, 2.05) is 0 Å². The summed E-state index contributed by atoms with van der Waals surface area (Å²) in [6.45, 7) is 2.27. The van der Waals surface area contributed by atoms with Gasteiger partial charge in [-0.05, 0) is 18.4 Å². The third kappa shape index (κ3) is 33.1. The van der Waals surface area contributed by atoms with Crippen molar-refractivity contribution in [1.82, 2.24) is 0 Å². The van der Waals surface area contributed by atoms with E-state index in [2.05, 4.69) is 6.92 Å². The Hall–Kier alpha value is -1.18. The van der Waals surface area contributed by atoms with Gasteiger partial charge in [0, 0.05) is 5.97 Å². The average Bonchev–Trinajstić information content (AvgIpc) is 2.85. The third-order valence-electron chi connectivity index (χ3n) is 4.99. The average molecular weight is 491 g/mol. The van der Waals surface area contributed by atoms with E-state index in [1.54, 1.807) is 18.2 Å². The van der Waals surface area contributed by atoms with Crippen molar-refractivity contribution < 1.29 is 27.4 Å². The molecule has 0 spiro atoms. The van der Waals surface area contributed by atoms with Crippen LogP contribution in [0, 0.1) is 0 Å². The molecule has 0 aliphatic heterocycles. The molecule has 0 bridgehead atoms. The summed E-state index contributed by atoms with van der Waals surface area (Å²) in [5.74, 6) is -2.03. The van der Waals surface area contributed by atoms with Crippen molar-refractivity contribution in [3.63, 3.8) is 0 Å². The number of benzene rings is 1. The van der Waals surface area contributed by atoms with E-state index in [9.17, 15) is 19.8 Å². The molecule has 0 heterocycles. The molecule has 0 amide bonds. The van der Waals surface area contributed by atoms with Crippen LogP contribution in [-0.2, 0) is 12.4 Å². The Balaban J connectivity index is -0.000000570. The predicted molar refractivity (Wildman–Crippen MR) is 128 cm³/mol. The summed E-state index contributed by atoms with van der Waals surface area (Å²) in [5.41, 5.74) is 0.220. The van der Waals surface area contributed by atoms with Crippen LogP contribution in [0.25, 0.3) is 0 Å². The van der Waals surface area contributed by atoms with Crippen LogP contribution in [0.4, 0.5) is 0 Å². The van der Waals surface area contributed by atoms with Gasteiger partial charge in [0.15, 0.2) is 0 Å². The summed E-state index contributed by atoms with van der Waals surface area (Å²) < 4.78 is 16.3. The van der Waals surface area contributed by atoms with Crippen LogP contribution in [0.1, 0.15) is 120 Å². The van der Waals surface area contributed by atoms with Crippen LogP contribution >= 0.6 is 0 Å². The fourth-order valence-electron chi connectivity index (χ4n) is 3.21. The zero-order chi connectivity index (χ0) is 25.6. The first-order valence-electron chi connectivity index (χ1n) is 12.0. The number of carbonyl (C=O) groups is 2. The van der Waals surface area contributed by atoms with E-state index in [0.717, 1.165) is 12.8 Å². The number of carboxylic acid groups (broad SMARTS) is 2. The van der Waals surface area contributed by atoms with Gasteiger partial charge in [-0.3, -0.25) is 0 Å². The SMILES string of the molecule is CCCCCCCCCCCCCCCCCC(=O)[O-].O=C([O-])c1ccccc1.[O]=[Al+].[O]=[Al+]. The minimum absolute atomic E-state index is 0.220. The third-order valence-corrected chi connectivity index (χ3v) is 4.99. The maximum atomic E-state index is 10.2. The van der Waals surface area contributed by atoms with Gasteiger partial charge < -0.3 is 19.8 Å². The van der Waals surface area contributed by atoms with E-state index in [0.29, 0.717) is 0 Å². The van der Waals surface area contributed by atoms with Gasteiger partial charge in [0.1, 0.15) is 0 Å². The Morgan fingerprint density at radius 2 is 0.939 bits per heavy atom. The van der Waals surface area contributed by atoms with Crippen molar-refractivity contribution in [2.75, 3.05) is 0 Å². The molecule has 0 radical (unpaired) electrons. The van der Waals surface area contributed by atoms with Crippen molar-refractivity contribution >= 4 is 44.4 Å². The van der Waals surface area contributed by atoms with Gasteiger partial charge >= 0.3 is 40.1 Å². The van der Waals surface area contributed by atoms with Crippen LogP contribution in [0.15, 0.2) is 30.3 Å². The van der Waals surface area contributed by atoms with Gasteiger partial charge in [-0.25, -0.2) is 0 Å². The van der Waals surface area contributed by atoms with Gasteiger partial charge in [-0.15, -0.1) is 0 Å². The van der Waals surface area contributed by atoms with Crippen molar-refractivity contribution in [3.8, 4) is 0 Å². The molecule has 33 heavy (non-hydrogen) atoms. The topological polar surface area (TPSA) is 114 Å². The first-order valence-corrected chi connectivity index (χ1v) is 13.0. The summed E-state index contributed by atoms with van der Waals surface area (Å²) in [4.78, 5) is 20.3. The molecule has 8 heteroatoms. The Bertz CT molecular complexity index is 541. The Kier molecular flexibility index (Phi) is 36.4. The molecular weight excluding hydrogens is 450 g/mol. The second kappa shape index (κ2) is 33.0. The predicted octanol–water partition coefficient (Wildman–Crippen LogP) is 4.05. The van der Waals surface area contributed by atoms with Gasteiger partial charge in [0.2, 0.25) is 0 Å². The van der Waals surface area contributed by atoms with Crippen LogP contribution < -0.4 is 10.2 Å². The summed E-state index contributed by atoms with van der Waals surface area (Å²) in [5, 5.41) is 20.3. The molecule has 0 aliphatic carbocycles. The first kappa shape index (κ1) is 36.4. The first-order chi connectivity index (χ1) is 16.1. The number of hydrogen-bond donors (Lipinski definition) is 0. The van der Waals surface area contributed by atoms with Gasteiger partial charge in [-0.2, -0.15) is 0 Å². The summed E-state index contributed by atoms with van der Waals surface area (Å²) >= 11 is 2.33. The normalized spacial score (nSPS) is 9.36. The quantitative estimate of drug-likeness (QED) is 0.240.